The molecule has 154 valence electrons. The number of hydrogen-bond acceptors (Lipinski definition) is 6. The van der Waals surface area contributed by atoms with Crippen molar-refractivity contribution in [3.8, 4) is 5.75 Å². The Morgan fingerprint density at radius 3 is 2.63 bits per heavy atom. The van der Waals surface area contributed by atoms with Gasteiger partial charge in [0.15, 0.2) is 15.3 Å². The lowest BCUT2D eigenvalue weighted by Gasteiger charge is -2.30. The molecule has 2 aromatic carbocycles. The minimum atomic E-state index is -3.24. The fraction of sp³-hybridized carbons (Fsp3) is 0.273. The first-order chi connectivity index (χ1) is 14.4. The molecule has 2 aliphatic heterocycles. The highest BCUT2D eigenvalue weighted by atomic mass is 32.2. The summed E-state index contributed by atoms with van der Waals surface area (Å²) in [7, 11) is -1.70. The number of rotatable bonds is 3. The first kappa shape index (κ1) is 18.9. The molecule has 0 radical (unpaired) electrons. The number of fused-ring (bicyclic) bond motifs is 2. The first-order valence-electron chi connectivity index (χ1n) is 9.62. The van der Waals surface area contributed by atoms with Crippen LogP contribution in [-0.2, 0) is 9.84 Å². The van der Waals surface area contributed by atoms with Crippen molar-refractivity contribution in [1.82, 2.24) is 4.90 Å². The number of benzene rings is 2. The van der Waals surface area contributed by atoms with Crippen LogP contribution in [0.4, 0.5) is 0 Å². The van der Waals surface area contributed by atoms with E-state index >= 15 is 0 Å². The predicted octanol–water partition coefficient (Wildman–Crippen LogP) is 2.53. The number of nitrogens with zero attached hydrogens (tertiary/aromatic N) is 1. The molecule has 1 amide bonds. The molecule has 0 unspecified atom stereocenters. The van der Waals surface area contributed by atoms with Crippen LogP contribution in [0.5, 0.6) is 5.75 Å². The Hall–Kier alpha value is -3.13. The predicted molar refractivity (Wildman–Crippen MR) is 111 cm³/mol. The van der Waals surface area contributed by atoms with Gasteiger partial charge in [-0.15, -0.1) is 0 Å². The monoisotopic (exact) mass is 425 g/mol. The van der Waals surface area contributed by atoms with Crippen molar-refractivity contribution in [2.24, 2.45) is 0 Å². The molecule has 8 heteroatoms. The Morgan fingerprint density at radius 2 is 1.90 bits per heavy atom. The lowest BCUT2D eigenvalue weighted by Crippen LogP contribution is -2.40. The Balaban J connectivity index is 1.76. The van der Waals surface area contributed by atoms with Crippen molar-refractivity contribution in [3.63, 3.8) is 0 Å². The van der Waals surface area contributed by atoms with E-state index in [1.54, 1.807) is 48.5 Å². The molecule has 3 heterocycles. The highest BCUT2D eigenvalue weighted by Crippen LogP contribution is 2.42. The fourth-order valence-corrected chi connectivity index (χ4v) is 6.16. The number of ether oxygens (including phenoxy) is 1. The van der Waals surface area contributed by atoms with Gasteiger partial charge < -0.3 is 14.1 Å². The Morgan fingerprint density at radius 1 is 1.10 bits per heavy atom. The number of amides is 1. The van der Waals surface area contributed by atoms with Crippen molar-refractivity contribution in [1.29, 1.82) is 0 Å². The van der Waals surface area contributed by atoms with Crippen LogP contribution in [0.25, 0.3) is 11.0 Å². The van der Waals surface area contributed by atoms with E-state index in [-0.39, 0.29) is 28.3 Å². The first-order valence-corrected chi connectivity index (χ1v) is 11.4. The number of carbonyl (C=O) groups is 1. The third-order valence-corrected chi connectivity index (χ3v) is 7.57. The van der Waals surface area contributed by atoms with E-state index in [1.165, 1.54) is 12.0 Å². The zero-order chi connectivity index (χ0) is 21.0. The van der Waals surface area contributed by atoms with Gasteiger partial charge in [-0.2, -0.15) is 0 Å². The summed E-state index contributed by atoms with van der Waals surface area (Å²) in [6.07, 6.45) is 0.330. The van der Waals surface area contributed by atoms with E-state index in [0.29, 0.717) is 28.7 Å². The van der Waals surface area contributed by atoms with Crippen LogP contribution < -0.4 is 10.2 Å². The number of para-hydroxylation sites is 1. The maximum Gasteiger partial charge on any atom is 0.291 e. The van der Waals surface area contributed by atoms with Crippen molar-refractivity contribution in [2.45, 2.75) is 18.5 Å². The largest absolute Gasteiger partial charge is 0.497 e. The van der Waals surface area contributed by atoms with Gasteiger partial charge in [-0.3, -0.25) is 9.59 Å². The summed E-state index contributed by atoms with van der Waals surface area (Å²) in [5, 5.41) is 0.387. The Bertz CT molecular complexity index is 1340. The van der Waals surface area contributed by atoms with Crippen molar-refractivity contribution >= 4 is 26.7 Å². The second-order valence-corrected chi connectivity index (χ2v) is 9.85. The highest BCUT2D eigenvalue weighted by Gasteiger charge is 2.48. The van der Waals surface area contributed by atoms with Crippen LogP contribution >= 0.6 is 0 Å². The van der Waals surface area contributed by atoms with E-state index in [2.05, 4.69) is 0 Å². The normalized spacial score (nSPS) is 22.4. The molecule has 0 bridgehead atoms. The van der Waals surface area contributed by atoms with Crippen LogP contribution in [0, 0.1) is 0 Å². The quantitative estimate of drug-likeness (QED) is 0.640. The number of hydrogen-bond donors (Lipinski definition) is 0. The zero-order valence-corrected chi connectivity index (χ0v) is 17.0. The standard InChI is InChI=1S/C22H19NO6S/c1-28-15-6-4-5-13(11-15)19-18-20(24)16-7-2-3-8-17(16)29-21(18)22(25)23(19)14-9-10-30(26,27)12-14/h2-8,11,14,19H,9-10,12H2,1H3/t14-,19+/m0/s1. The van der Waals surface area contributed by atoms with Crippen molar-refractivity contribution in [2.75, 3.05) is 18.6 Å². The van der Waals surface area contributed by atoms with Gasteiger partial charge in [-0.05, 0) is 36.2 Å². The summed E-state index contributed by atoms with van der Waals surface area (Å²) in [5.41, 5.74) is 0.973. The maximum absolute atomic E-state index is 13.4. The molecule has 0 saturated carbocycles. The lowest BCUT2D eigenvalue weighted by molar-refractivity contribution is 0.0662. The van der Waals surface area contributed by atoms with Crippen LogP contribution in [0.3, 0.4) is 0 Å². The van der Waals surface area contributed by atoms with Gasteiger partial charge in [0.2, 0.25) is 5.76 Å². The minimum Gasteiger partial charge on any atom is -0.497 e. The molecule has 0 aliphatic carbocycles. The van der Waals surface area contributed by atoms with Gasteiger partial charge in [0.25, 0.3) is 5.91 Å². The fourth-order valence-electron chi connectivity index (χ4n) is 4.45. The van der Waals surface area contributed by atoms with Crippen LogP contribution in [0.1, 0.15) is 34.1 Å². The van der Waals surface area contributed by atoms with E-state index in [1.807, 2.05) is 0 Å². The maximum atomic E-state index is 13.4. The number of sulfone groups is 1. The molecule has 1 aromatic heterocycles. The molecule has 0 N–H and O–H groups in total. The zero-order valence-electron chi connectivity index (χ0n) is 16.2. The molecule has 7 nitrogen and oxygen atoms in total. The second kappa shape index (κ2) is 6.70. The third kappa shape index (κ3) is 2.82. The Kier molecular flexibility index (Phi) is 4.21. The topological polar surface area (TPSA) is 93.9 Å². The number of carbonyl (C=O) groups excluding carboxylic acids is 1. The molecule has 1 saturated heterocycles. The van der Waals surface area contributed by atoms with Crippen molar-refractivity contribution in [3.05, 3.63) is 75.6 Å². The van der Waals surface area contributed by atoms with Gasteiger partial charge >= 0.3 is 0 Å². The highest BCUT2D eigenvalue weighted by molar-refractivity contribution is 7.91. The smallest absolute Gasteiger partial charge is 0.291 e. The molecular weight excluding hydrogens is 406 g/mol. The summed E-state index contributed by atoms with van der Waals surface area (Å²) >= 11 is 0. The third-order valence-electron chi connectivity index (χ3n) is 5.82. The summed E-state index contributed by atoms with van der Waals surface area (Å²) in [6.45, 7) is 0. The summed E-state index contributed by atoms with van der Waals surface area (Å²) in [5.74, 6) is 0.00327. The molecular formula is C22H19NO6S. The summed E-state index contributed by atoms with van der Waals surface area (Å²) in [6, 6.07) is 12.6. The van der Waals surface area contributed by atoms with E-state index in [9.17, 15) is 18.0 Å². The molecule has 5 rings (SSSR count). The molecule has 2 atom stereocenters. The molecule has 0 spiro atoms. The Labute approximate surface area is 172 Å². The number of methoxy groups -OCH3 is 1. The minimum absolute atomic E-state index is 0.0178. The average Bonchev–Trinajstić information content (AvgIpc) is 3.25. The van der Waals surface area contributed by atoms with Crippen molar-refractivity contribution < 1.29 is 22.4 Å². The molecule has 30 heavy (non-hydrogen) atoms. The van der Waals surface area contributed by atoms with Gasteiger partial charge in [0.05, 0.1) is 35.6 Å². The molecule has 1 fully saturated rings. The van der Waals surface area contributed by atoms with Crippen LogP contribution in [-0.4, -0.2) is 43.9 Å². The summed E-state index contributed by atoms with van der Waals surface area (Å²) < 4.78 is 35.5. The molecule has 2 aliphatic rings. The molecule has 3 aromatic rings. The van der Waals surface area contributed by atoms with Gasteiger partial charge in [-0.25, -0.2) is 8.42 Å². The van der Waals surface area contributed by atoms with Gasteiger partial charge in [0.1, 0.15) is 11.3 Å². The lowest BCUT2D eigenvalue weighted by atomic mass is 9.97. The summed E-state index contributed by atoms with van der Waals surface area (Å²) in [4.78, 5) is 28.3. The van der Waals surface area contributed by atoms with E-state index in [4.69, 9.17) is 9.15 Å². The average molecular weight is 425 g/mol. The SMILES string of the molecule is COc1cccc([C@@H]2c3c(oc4ccccc4c3=O)C(=O)N2[C@H]2CCS(=O)(=O)C2)c1. The van der Waals surface area contributed by atoms with Gasteiger partial charge in [-0.1, -0.05) is 24.3 Å². The van der Waals surface area contributed by atoms with Crippen LogP contribution in [0.15, 0.2) is 57.7 Å². The van der Waals surface area contributed by atoms with Crippen LogP contribution in [0.2, 0.25) is 0 Å². The van der Waals surface area contributed by atoms with Gasteiger partial charge in [0, 0.05) is 6.04 Å². The second-order valence-electron chi connectivity index (χ2n) is 7.62. The van der Waals surface area contributed by atoms with E-state index in [0.717, 1.165) is 0 Å². The van der Waals surface area contributed by atoms with E-state index < -0.39 is 27.8 Å².